The zero-order valence-corrected chi connectivity index (χ0v) is 17.8. The second-order valence-electron chi connectivity index (χ2n) is 6.97. The van der Waals surface area contributed by atoms with Gasteiger partial charge in [0.2, 0.25) is 0 Å². The molecule has 0 spiro atoms. The number of sulfone groups is 1. The molecule has 7 nitrogen and oxygen atoms in total. The van der Waals surface area contributed by atoms with Gasteiger partial charge >= 0.3 is 12.0 Å². The lowest BCUT2D eigenvalue weighted by Gasteiger charge is -2.28. The maximum atomic E-state index is 12.4. The van der Waals surface area contributed by atoms with Crippen molar-refractivity contribution >= 4 is 44.4 Å². The van der Waals surface area contributed by atoms with Gasteiger partial charge in [0.25, 0.3) is 0 Å². The SMILES string of the molecule is CC(C)COC(=O)[C@@](C)(CCN1Cc2cc(I)cn2C1=O)S(C)(=O)=O. The van der Waals surface area contributed by atoms with E-state index in [1.807, 2.05) is 19.9 Å². The smallest absolute Gasteiger partial charge is 0.328 e. The van der Waals surface area contributed by atoms with Crippen LogP contribution >= 0.6 is 22.6 Å². The third-order valence-electron chi connectivity index (χ3n) is 4.35. The van der Waals surface area contributed by atoms with Gasteiger partial charge in [-0.25, -0.2) is 13.2 Å². The zero-order valence-electron chi connectivity index (χ0n) is 14.8. The Labute approximate surface area is 161 Å². The van der Waals surface area contributed by atoms with Crippen molar-refractivity contribution in [3.63, 3.8) is 0 Å². The summed E-state index contributed by atoms with van der Waals surface area (Å²) in [7, 11) is -3.70. The Hall–Kier alpha value is -1.10. The van der Waals surface area contributed by atoms with E-state index in [4.69, 9.17) is 4.74 Å². The van der Waals surface area contributed by atoms with Gasteiger partial charge in [0.15, 0.2) is 14.6 Å². The predicted octanol–water partition coefficient (Wildman–Crippen LogP) is 2.27. The van der Waals surface area contributed by atoms with Crippen molar-refractivity contribution in [3.05, 3.63) is 21.5 Å². The highest BCUT2D eigenvalue weighted by molar-refractivity contribution is 14.1. The molecule has 0 aliphatic carbocycles. The minimum Gasteiger partial charge on any atom is -0.464 e. The molecular formula is C16H23IN2O5S. The summed E-state index contributed by atoms with van der Waals surface area (Å²) in [5.41, 5.74) is 0.859. The molecule has 1 amide bonds. The van der Waals surface area contributed by atoms with Gasteiger partial charge in [0.1, 0.15) is 0 Å². The van der Waals surface area contributed by atoms with Crippen LogP contribution in [0.5, 0.6) is 0 Å². The summed E-state index contributed by atoms with van der Waals surface area (Å²) in [6, 6.07) is 1.70. The number of nitrogens with zero attached hydrogens (tertiary/aromatic N) is 2. The Morgan fingerprint density at radius 2 is 2.08 bits per heavy atom. The van der Waals surface area contributed by atoms with Crippen LogP contribution in [0.25, 0.3) is 0 Å². The molecule has 1 atom stereocenters. The van der Waals surface area contributed by atoms with Gasteiger partial charge in [-0.15, -0.1) is 0 Å². The highest BCUT2D eigenvalue weighted by Gasteiger charge is 2.46. The lowest BCUT2D eigenvalue weighted by Crippen LogP contribution is -2.47. The fourth-order valence-corrected chi connectivity index (χ4v) is 4.01. The van der Waals surface area contributed by atoms with Gasteiger partial charge in [-0.3, -0.25) is 9.36 Å². The molecule has 0 bridgehead atoms. The molecule has 0 unspecified atom stereocenters. The van der Waals surface area contributed by atoms with Crippen LogP contribution in [-0.4, -0.2) is 54.0 Å². The number of amides is 1. The van der Waals surface area contributed by atoms with Crippen LogP contribution in [0.1, 0.15) is 32.9 Å². The summed E-state index contributed by atoms with van der Waals surface area (Å²) in [4.78, 5) is 26.3. The van der Waals surface area contributed by atoms with Crippen LogP contribution in [-0.2, 0) is 25.9 Å². The number of hydrogen-bond acceptors (Lipinski definition) is 5. The minimum absolute atomic E-state index is 0.00354. The average Bonchev–Trinajstić information content (AvgIpc) is 2.99. The molecule has 140 valence electrons. The number of ether oxygens (including phenoxy) is 1. The number of aromatic nitrogens is 1. The van der Waals surface area contributed by atoms with Crippen LogP contribution in [0.2, 0.25) is 0 Å². The standard InChI is InChI=1S/C16H23IN2O5S/c1-11(2)10-24-14(20)16(3,25(4,22)23)5-6-18-9-13-7-12(17)8-19(13)15(18)21/h7-8,11H,5-6,9-10H2,1-4H3/t16-/m1/s1. The molecule has 1 aromatic heterocycles. The molecule has 1 aliphatic rings. The average molecular weight is 482 g/mol. The van der Waals surface area contributed by atoms with Gasteiger partial charge in [-0.05, 0) is 47.9 Å². The fraction of sp³-hybridized carbons (Fsp3) is 0.625. The largest absolute Gasteiger partial charge is 0.464 e. The minimum atomic E-state index is -3.70. The first-order chi connectivity index (χ1) is 11.5. The van der Waals surface area contributed by atoms with Gasteiger partial charge in [0.05, 0.1) is 13.2 Å². The van der Waals surface area contributed by atoms with E-state index in [0.29, 0.717) is 6.54 Å². The Bertz CT molecular complexity index is 786. The van der Waals surface area contributed by atoms with Gasteiger partial charge in [0, 0.05) is 28.3 Å². The predicted molar refractivity (Wildman–Crippen MR) is 102 cm³/mol. The maximum Gasteiger partial charge on any atom is 0.328 e. The van der Waals surface area contributed by atoms with Gasteiger partial charge in [-0.2, -0.15) is 0 Å². The summed E-state index contributed by atoms with van der Waals surface area (Å²) in [5.74, 6) is -0.647. The van der Waals surface area contributed by atoms with Crippen molar-refractivity contribution in [1.82, 2.24) is 9.47 Å². The highest BCUT2D eigenvalue weighted by atomic mass is 127. The number of rotatable bonds is 7. The molecular weight excluding hydrogens is 459 g/mol. The van der Waals surface area contributed by atoms with Gasteiger partial charge < -0.3 is 9.64 Å². The molecule has 0 saturated heterocycles. The van der Waals surface area contributed by atoms with Crippen molar-refractivity contribution in [2.24, 2.45) is 5.92 Å². The second-order valence-corrected chi connectivity index (χ2v) is 10.7. The van der Waals surface area contributed by atoms with E-state index in [1.54, 1.807) is 15.7 Å². The fourth-order valence-electron chi connectivity index (χ4n) is 2.54. The van der Waals surface area contributed by atoms with E-state index in [-0.39, 0.29) is 31.5 Å². The number of fused-ring (bicyclic) bond motifs is 1. The van der Waals surface area contributed by atoms with Crippen LogP contribution in [0, 0.1) is 9.49 Å². The number of carbonyl (C=O) groups is 2. The molecule has 0 radical (unpaired) electrons. The molecule has 9 heteroatoms. The van der Waals surface area contributed by atoms with E-state index < -0.39 is 20.6 Å². The normalized spacial score (nSPS) is 16.9. The van der Waals surface area contributed by atoms with Crippen LogP contribution in [0.4, 0.5) is 4.79 Å². The Balaban J connectivity index is 2.10. The van der Waals surface area contributed by atoms with Gasteiger partial charge in [-0.1, -0.05) is 13.8 Å². The summed E-state index contributed by atoms with van der Waals surface area (Å²) >= 11 is 2.14. The lowest BCUT2D eigenvalue weighted by atomic mass is 10.1. The number of halogens is 1. The molecule has 0 saturated carbocycles. The Morgan fingerprint density at radius 1 is 1.44 bits per heavy atom. The molecule has 1 aliphatic heterocycles. The van der Waals surface area contributed by atoms with E-state index in [2.05, 4.69) is 22.6 Å². The Kier molecular flexibility index (Phi) is 5.87. The summed E-state index contributed by atoms with van der Waals surface area (Å²) < 4.78 is 30.5. The summed E-state index contributed by atoms with van der Waals surface area (Å²) in [6.45, 7) is 5.86. The molecule has 25 heavy (non-hydrogen) atoms. The number of carbonyl (C=O) groups excluding carboxylic acids is 2. The topological polar surface area (TPSA) is 85.7 Å². The van der Waals surface area contributed by atoms with Crippen LogP contribution in [0.15, 0.2) is 12.3 Å². The van der Waals surface area contributed by atoms with E-state index >= 15 is 0 Å². The molecule has 2 rings (SSSR count). The van der Waals surface area contributed by atoms with Crippen LogP contribution in [0.3, 0.4) is 0 Å². The quantitative estimate of drug-likeness (QED) is 0.440. The zero-order chi connectivity index (χ0) is 19.0. The highest BCUT2D eigenvalue weighted by Crippen LogP contribution is 2.27. The number of esters is 1. The van der Waals surface area contributed by atoms with Crippen LogP contribution < -0.4 is 0 Å². The third kappa shape index (κ3) is 4.18. The van der Waals surface area contributed by atoms with E-state index in [9.17, 15) is 18.0 Å². The Morgan fingerprint density at radius 3 is 2.60 bits per heavy atom. The summed E-state index contributed by atoms with van der Waals surface area (Å²) in [5, 5.41) is 0. The van der Waals surface area contributed by atoms with E-state index in [0.717, 1.165) is 15.5 Å². The second kappa shape index (κ2) is 7.26. The molecule has 0 aromatic carbocycles. The van der Waals surface area contributed by atoms with Crippen molar-refractivity contribution in [2.75, 3.05) is 19.4 Å². The van der Waals surface area contributed by atoms with Crippen molar-refractivity contribution < 1.29 is 22.7 Å². The first-order valence-electron chi connectivity index (χ1n) is 7.98. The first-order valence-corrected chi connectivity index (χ1v) is 11.0. The molecule has 0 fully saturated rings. The summed E-state index contributed by atoms with van der Waals surface area (Å²) in [6.07, 6.45) is 2.77. The third-order valence-corrected chi connectivity index (χ3v) is 6.95. The first kappa shape index (κ1) is 20.2. The molecule has 2 heterocycles. The van der Waals surface area contributed by atoms with Crippen molar-refractivity contribution in [2.45, 2.75) is 38.5 Å². The lowest BCUT2D eigenvalue weighted by molar-refractivity contribution is -0.147. The number of hydrogen-bond donors (Lipinski definition) is 0. The maximum absolute atomic E-state index is 12.4. The molecule has 1 aromatic rings. The van der Waals surface area contributed by atoms with Crippen molar-refractivity contribution in [1.29, 1.82) is 0 Å². The van der Waals surface area contributed by atoms with E-state index in [1.165, 1.54) is 6.92 Å². The van der Waals surface area contributed by atoms with Crippen molar-refractivity contribution in [3.8, 4) is 0 Å². The monoisotopic (exact) mass is 482 g/mol. The molecule has 0 N–H and O–H groups in total.